The number of amides is 2. The summed E-state index contributed by atoms with van der Waals surface area (Å²) in [5.74, 6) is 0.404. The number of H-pyrrole nitrogens is 1. The van der Waals surface area contributed by atoms with Gasteiger partial charge in [-0.25, -0.2) is 0 Å². The molecule has 0 spiro atoms. The van der Waals surface area contributed by atoms with Crippen LogP contribution >= 0.6 is 0 Å². The van der Waals surface area contributed by atoms with Crippen molar-refractivity contribution in [3.05, 3.63) is 83.3 Å². The van der Waals surface area contributed by atoms with E-state index in [-0.39, 0.29) is 30.0 Å². The van der Waals surface area contributed by atoms with Crippen molar-refractivity contribution in [2.24, 2.45) is 0 Å². The second-order valence-electron chi connectivity index (χ2n) is 8.65. The minimum absolute atomic E-state index is 0.000757. The molecule has 8 heteroatoms. The number of rotatable bonds is 4. The number of aromatic amines is 1. The summed E-state index contributed by atoms with van der Waals surface area (Å²) in [6.07, 6.45) is 2.40. The van der Waals surface area contributed by atoms with E-state index < -0.39 is 0 Å². The lowest BCUT2D eigenvalue weighted by atomic mass is 10.0. The maximum absolute atomic E-state index is 13.1. The number of hydrogen-bond donors (Lipinski definition) is 3. The summed E-state index contributed by atoms with van der Waals surface area (Å²) in [5.41, 5.74) is 4.00. The average Bonchev–Trinajstić information content (AvgIpc) is 3.24. The van der Waals surface area contributed by atoms with Crippen LogP contribution in [0.2, 0.25) is 0 Å². The van der Waals surface area contributed by atoms with E-state index in [1.165, 1.54) is 0 Å². The summed E-state index contributed by atoms with van der Waals surface area (Å²) >= 11 is 0. The molecule has 3 aromatic carbocycles. The number of anilines is 3. The Kier molecular flexibility index (Phi) is 4.99. The third kappa shape index (κ3) is 3.78. The van der Waals surface area contributed by atoms with Crippen LogP contribution in [0.1, 0.15) is 6.42 Å². The van der Waals surface area contributed by atoms with Crippen molar-refractivity contribution in [2.45, 2.75) is 12.5 Å². The molecule has 0 saturated carbocycles. The second kappa shape index (κ2) is 8.32. The first-order chi connectivity index (χ1) is 17.1. The van der Waals surface area contributed by atoms with Gasteiger partial charge in [-0.05, 0) is 47.7 Å². The zero-order chi connectivity index (χ0) is 23.9. The van der Waals surface area contributed by atoms with Gasteiger partial charge in [-0.15, -0.1) is 0 Å². The van der Waals surface area contributed by atoms with Gasteiger partial charge in [0, 0.05) is 41.1 Å². The molecule has 2 aliphatic rings. The van der Waals surface area contributed by atoms with E-state index in [9.17, 15) is 14.4 Å². The fourth-order valence-corrected chi connectivity index (χ4v) is 4.70. The number of ether oxygens (including phenoxy) is 1. The summed E-state index contributed by atoms with van der Waals surface area (Å²) in [5, 5.41) is 7.59. The molecule has 2 amide bonds. The number of pyridine rings is 1. The number of fused-ring (bicyclic) bond motifs is 2. The first kappa shape index (κ1) is 21.0. The summed E-state index contributed by atoms with van der Waals surface area (Å²) in [6.45, 7) is 0.590. The van der Waals surface area contributed by atoms with Crippen molar-refractivity contribution in [3.63, 3.8) is 0 Å². The van der Waals surface area contributed by atoms with Crippen LogP contribution in [0.4, 0.5) is 17.1 Å². The molecular weight excluding hydrogens is 444 g/mol. The molecule has 4 aromatic rings. The Balaban J connectivity index is 1.20. The molecule has 0 bridgehead atoms. The number of hydrogen-bond acceptors (Lipinski definition) is 5. The summed E-state index contributed by atoms with van der Waals surface area (Å²) < 4.78 is 5.47. The van der Waals surface area contributed by atoms with E-state index in [0.717, 1.165) is 27.9 Å². The predicted octanol–water partition coefficient (Wildman–Crippen LogP) is 3.74. The molecule has 1 aromatic heterocycles. The zero-order valence-corrected chi connectivity index (χ0v) is 18.7. The Morgan fingerprint density at radius 1 is 0.943 bits per heavy atom. The summed E-state index contributed by atoms with van der Waals surface area (Å²) in [7, 11) is 0. The quantitative estimate of drug-likeness (QED) is 0.425. The smallest absolute Gasteiger partial charge is 0.262 e. The molecule has 174 valence electrons. The third-order valence-electron chi connectivity index (χ3n) is 6.46. The van der Waals surface area contributed by atoms with Gasteiger partial charge in [0.1, 0.15) is 11.8 Å². The number of carbonyl (C=O) groups excluding carboxylic acids is 2. The van der Waals surface area contributed by atoms with Gasteiger partial charge in [0.2, 0.25) is 5.91 Å². The SMILES string of the molecule is O=C1COc2cc(NC3CCN(c4ccc(-c5c[nH]c(=O)c6ccccc56)cc4)C3=O)ccc2N1. The van der Waals surface area contributed by atoms with Crippen molar-refractivity contribution < 1.29 is 14.3 Å². The van der Waals surface area contributed by atoms with Gasteiger partial charge in [-0.1, -0.05) is 30.3 Å². The zero-order valence-electron chi connectivity index (χ0n) is 18.7. The first-order valence-electron chi connectivity index (χ1n) is 11.4. The molecule has 6 rings (SSSR count). The highest BCUT2D eigenvalue weighted by Gasteiger charge is 2.32. The van der Waals surface area contributed by atoms with E-state index in [1.54, 1.807) is 23.2 Å². The minimum Gasteiger partial charge on any atom is -0.482 e. The van der Waals surface area contributed by atoms with E-state index in [1.807, 2.05) is 54.6 Å². The highest BCUT2D eigenvalue weighted by Crippen LogP contribution is 2.33. The summed E-state index contributed by atoms with van der Waals surface area (Å²) in [4.78, 5) is 41.3. The van der Waals surface area contributed by atoms with Gasteiger partial charge < -0.3 is 25.3 Å². The number of nitrogens with zero attached hydrogens (tertiary/aromatic N) is 1. The van der Waals surface area contributed by atoms with E-state index in [2.05, 4.69) is 15.6 Å². The van der Waals surface area contributed by atoms with Crippen molar-refractivity contribution >= 4 is 39.6 Å². The van der Waals surface area contributed by atoms with Gasteiger partial charge in [0.05, 0.1) is 5.69 Å². The molecule has 3 N–H and O–H groups in total. The second-order valence-corrected chi connectivity index (χ2v) is 8.65. The maximum atomic E-state index is 13.1. The Hall–Kier alpha value is -4.59. The van der Waals surface area contributed by atoms with Crippen LogP contribution in [0.15, 0.2) is 77.7 Å². The minimum atomic E-state index is -0.353. The fraction of sp³-hybridized carbons (Fsp3) is 0.148. The Morgan fingerprint density at radius 3 is 2.57 bits per heavy atom. The van der Waals surface area contributed by atoms with Crippen molar-refractivity contribution in [1.29, 1.82) is 0 Å². The number of benzene rings is 3. The molecule has 35 heavy (non-hydrogen) atoms. The van der Waals surface area contributed by atoms with E-state index in [0.29, 0.717) is 29.8 Å². The van der Waals surface area contributed by atoms with Crippen molar-refractivity contribution in [1.82, 2.24) is 4.98 Å². The number of aromatic nitrogens is 1. The molecule has 0 radical (unpaired) electrons. The Morgan fingerprint density at radius 2 is 1.74 bits per heavy atom. The monoisotopic (exact) mass is 466 g/mol. The Bertz CT molecular complexity index is 1530. The molecule has 1 saturated heterocycles. The molecule has 8 nitrogen and oxygen atoms in total. The molecule has 2 aliphatic heterocycles. The van der Waals surface area contributed by atoms with Crippen molar-refractivity contribution in [3.8, 4) is 16.9 Å². The topological polar surface area (TPSA) is 104 Å². The lowest BCUT2D eigenvalue weighted by Crippen LogP contribution is -2.33. The largest absolute Gasteiger partial charge is 0.482 e. The molecule has 1 unspecified atom stereocenters. The molecule has 1 atom stereocenters. The maximum Gasteiger partial charge on any atom is 0.262 e. The van der Waals surface area contributed by atoms with Crippen LogP contribution in [0.5, 0.6) is 5.75 Å². The van der Waals surface area contributed by atoms with Gasteiger partial charge in [0.25, 0.3) is 11.5 Å². The molecular formula is C27H22N4O4. The summed E-state index contributed by atoms with van der Waals surface area (Å²) in [6, 6.07) is 20.4. The Labute approximate surface area is 200 Å². The average molecular weight is 466 g/mol. The highest BCUT2D eigenvalue weighted by molar-refractivity contribution is 6.02. The fourth-order valence-electron chi connectivity index (χ4n) is 4.70. The standard InChI is InChI=1S/C27H22N4O4/c32-25-15-35-24-13-17(7-10-22(24)30-25)29-23-11-12-31(27(23)34)18-8-5-16(6-9-18)21-14-28-26(33)20-4-2-1-3-19(20)21/h1-10,13-14,23,29H,11-12,15H2,(H,28,33)(H,30,32). The van der Waals surface area contributed by atoms with Crippen LogP contribution in [0.25, 0.3) is 21.9 Å². The number of nitrogens with one attached hydrogen (secondary N) is 3. The van der Waals surface area contributed by atoms with Gasteiger partial charge in [0.15, 0.2) is 6.61 Å². The van der Waals surface area contributed by atoms with Crippen LogP contribution in [0.3, 0.4) is 0 Å². The van der Waals surface area contributed by atoms with Gasteiger partial charge in [-0.3, -0.25) is 14.4 Å². The lowest BCUT2D eigenvalue weighted by molar-refractivity contribution is -0.119. The van der Waals surface area contributed by atoms with Crippen LogP contribution in [-0.4, -0.2) is 36.0 Å². The number of carbonyl (C=O) groups is 2. The van der Waals surface area contributed by atoms with Gasteiger partial charge >= 0.3 is 0 Å². The molecule has 1 fully saturated rings. The first-order valence-corrected chi connectivity index (χ1v) is 11.4. The third-order valence-corrected chi connectivity index (χ3v) is 6.46. The van der Waals surface area contributed by atoms with Crippen LogP contribution in [-0.2, 0) is 9.59 Å². The highest BCUT2D eigenvalue weighted by atomic mass is 16.5. The van der Waals surface area contributed by atoms with E-state index in [4.69, 9.17) is 4.74 Å². The van der Waals surface area contributed by atoms with E-state index >= 15 is 0 Å². The predicted molar refractivity (Wildman–Crippen MR) is 135 cm³/mol. The lowest BCUT2D eigenvalue weighted by Gasteiger charge is -2.21. The van der Waals surface area contributed by atoms with Crippen LogP contribution in [0, 0.1) is 0 Å². The van der Waals surface area contributed by atoms with Crippen molar-refractivity contribution in [2.75, 3.05) is 28.7 Å². The molecule has 0 aliphatic carbocycles. The van der Waals surface area contributed by atoms with Gasteiger partial charge in [-0.2, -0.15) is 0 Å². The molecule has 3 heterocycles. The normalized spacial score (nSPS) is 17.1. The van der Waals surface area contributed by atoms with Crippen LogP contribution < -0.4 is 25.8 Å².